The molecule has 0 saturated heterocycles. The van der Waals surface area contributed by atoms with Crippen LogP contribution in [-0.2, 0) is 10.5 Å². The number of ether oxygens (including phenoxy) is 3. The molecule has 0 aliphatic carbocycles. The van der Waals surface area contributed by atoms with Crippen LogP contribution in [0, 0.1) is 0 Å². The van der Waals surface area contributed by atoms with Gasteiger partial charge in [-0.15, -0.1) is 11.8 Å². The number of hydrogen-bond donors (Lipinski definition) is 1. The summed E-state index contributed by atoms with van der Waals surface area (Å²) in [7, 11) is 4.69. The minimum atomic E-state index is -0.159. The van der Waals surface area contributed by atoms with Crippen molar-refractivity contribution in [3.63, 3.8) is 0 Å². The molecule has 0 unspecified atom stereocenters. The second-order valence-electron chi connectivity index (χ2n) is 5.69. The first-order valence-electron chi connectivity index (χ1n) is 8.26. The number of nitrogens with one attached hydrogen (secondary N) is 1. The smallest absolute Gasteiger partial charge is 0.234 e. The van der Waals surface area contributed by atoms with Gasteiger partial charge in [-0.3, -0.25) is 9.59 Å². The molecule has 0 heterocycles. The number of benzene rings is 2. The fraction of sp³-hybridized carbons (Fsp3) is 0.300. The third-order valence-corrected chi connectivity index (χ3v) is 4.84. The lowest BCUT2D eigenvalue weighted by Gasteiger charge is -2.12. The Kier molecular flexibility index (Phi) is 7.55. The number of thioether (sulfide) groups is 1. The summed E-state index contributed by atoms with van der Waals surface area (Å²) in [6.45, 7) is 1.52. The highest BCUT2D eigenvalue weighted by atomic mass is 32.2. The summed E-state index contributed by atoms with van der Waals surface area (Å²) in [5.74, 6) is 2.51. The molecule has 0 bridgehead atoms. The van der Waals surface area contributed by atoms with Crippen molar-refractivity contribution in [2.24, 2.45) is 0 Å². The van der Waals surface area contributed by atoms with Gasteiger partial charge in [0.2, 0.25) is 5.91 Å². The Bertz CT molecular complexity index is 822. The summed E-state index contributed by atoms with van der Waals surface area (Å²) in [5.41, 5.74) is 2.05. The Labute approximate surface area is 163 Å². The fourth-order valence-electron chi connectivity index (χ4n) is 2.46. The molecule has 144 valence electrons. The molecule has 7 heteroatoms. The Morgan fingerprint density at radius 2 is 1.67 bits per heavy atom. The van der Waals surface area contributed by atoms with Crippen molar-refractivity contribution in [2.75, 3.05) is 32.4 Å². The van der Waals surface area contributed by atoms with Gasteiger partial charge in [0.05, 0.1) is 32.8 Å². The predicted molar refractivity (Wildman–Crippen MR) is 107 cm³/mol. The number of hydrogen-bond acceptors (Lipinski definition) is 6. The lowest BCUT2D eigenvalue weighted by molar-refractivity contribution is -0.113. The maximum atomic E-state index is 12.3. The highest BCUT2D eigenvalue weighted by molar-refractivity contribution is 7.99. The molecule has 0 saturated carbocycles. The van der Waals surface area contributed by atoms with Crippen LogP contribution in [0.2, 0.25) is 0 Å². The Morgan fingerprint density at radius 1 is 0.963 bits per heavy atom. The molecule has 2 aromatic carbocycles. The van der Waals surface area contributed by atoms with Crippen molar-refractivity contribution in [1.29, 1.82) is 0 Å². The van der Waals surface area contributed by atoms with Crippen LogP contribution in [0.4, 0.5) is 5.69 Å². The number of Topliss-reactive ketones (excluding diaryl/α,β-unsaturated/α-hetero) is 1. The van der Waals surface area contributed by atoms with Crippen LogP contribution in [0.25, 0.3) is 0 Å². The van der Waals surface area contributed by atoms with E-state index in [2.05, 4.69) is 5.32 Å². The SMILES string of the molecule is COc1ccc(OC)c(NC(=O)CSCc2cc(C(C)=O)ccc2OC)c1. The van der Waals surface area contributed by atoms with Crippen LogP contribution < -0.4 is 19.5 Å². The first-order chi connectivity index (χ1) is 13.0. The van der Waals surface area contributed by atoms with E-state index in [4.69, 9.17) is 14.2 Å². The van der Waals surface area contributed by atoms with Crippen LogP contribution in [0.3, 0.4) is 0 Å². The average molecular weight is 389 g/mol. The zero-order valence-electron chi connectivity index (χ0n) is 15.8. The van der Waals surface area contributed by atoms with Crippen LogP contribution in [0.1, 0.15) is 22.8 Å². The van der Waals surface area contributed by atoms with Crippen molar-refractivity contribution < 1.29 is 23.8 Å². The molecule has 0 aliphatic rings. The molecule has 0 spiro atoms. The summed E-state index contributed by atoms with van der Waals surface area (Å²) >= 11 is 1.43. The van der Waals surface area contributed by atoms with Gasteiger partial charge < -0.3 is 19.5 Å². The molecule has 0 fully saturated rings. The summed E-state index contributed by atoms with van der Waals surface area (Å²) in [4.78, 5) is 23.8. The molecular formula is C20H23NO5S. The van der Waals surface area contributed by atoms with Crippen LogP contribution in [0.15, 0.2) is 36.4 Å². The molecule has 2 aromatic rings. The zero-order chi connectivity index (χ0) is 19.8. The molecule has 27 heavy (non-hydrogen) atoms. The molecule has 0 atom stereocenters. The lowest BCUT2D eigenvalue weighted by Crippen LogP contribution is -2.15. The number of anilines is 1. The summed E-state index contributed by atoms with van der Waals surface area (Å²) in [5, 5.41) is 2.83. The molecule has 0 aromatic heterocycles. The van der Waals surface area contributed by atoms with Crippen molar-refractivity contribution in [3.8, 4) is 17.2 Å². The van der Waals surface area contributed by atoms with Gasteiger partial charge in [0, 0.05) is 22.9 Å². The van der Waals surface area contributed by atoms with E-state index >= 15 is 0 Å². The van der Waals surface area contributed by atoms with Crippen molar-refractivity contribution in [2.45, 2.75) is 12.7 Å². The standard InChI is InChI=1S/C20H23NO5S/c1-13(22)14-5-7-18(25-3)15(9-14)11-27-12-20(23)21-17-10-16(24-2)6-8-19(17)26-4/h5-10H,11-12H2,1-4H3,(H,21,23). The molecule has 1 amide bonds. The zero-order valence-corrected chi connectivity index (χ0v) is 16.6. The van der Waals surface area contributed by atoms with Crippen LogP contribution >= 0.6 is 11.8 Å². The quantitative estimate of drug-likeness (QED) is 0.658. The maximum absolute atomic E-state index is 12.3. The second kappa shape index (κ2) is 9.87. The molecule has 0 aliphatic heterocycles. The highest BCUT2D eigenvalue weighted by Crippen LogP contribution is 2.29. The lowest BCUT2D eigenvalue weighted by atomic mass is 10.1. The van der Waals surface area contributed by atoms with E-state index in [0.29, 0.717) is 34.3 Å². The van der Waals surface area contributed by atoms with E-state index in [0.717, 1.165) is 5.56 Å². The first kappa shape index (κ1) is 20.6. The fourth-order valence-corrected chi connectivity index (χ4v) is 3.27. The Morgan fingerprint density at radius 3 is 2.30 bits per heavy atom. The largest absolute Gasteiger partial charge is 0.497 e. The van der Waals surface area contributed by atoms with Gasteiger partial charge in [-0.2, -0.15) is 0 Å². The molecule has 1 N–H and O–H groups in total. The molecular weight excluding hydrogens is 366 g/mol. The van der Waals surface area contributed by atoms with E-state index < -0.39 is 0 Å². The number of rotatable bonds is 9. The number of ketones is 1. The predicted octanol–water partition coefficient (Wildman–Crippen LogP) is 3.79. The number of carbonyl (C=O) groups excluding carboxylic acids is 2. The van der Waals surface area contributed by atoms with Gasteiger partial charge in [-0.25, -0.2) is 0 Å². The van der Waals surface area contributed by atoms with Gasteiger partial charge in [0.1, 0.15) is 17.2 Å². The van der Waals surface area contributed by atoms with Gasteiger partial charge >= 0.3 is 0 Å². The van der Waals surface area contributed by atoms with E-state index in [-0.39, 0.29) is 17.4 Å². The normalized spacial score (nSPS) is 10.2. The minimum absolute atomic E-state index is 0.00762. The van der Waals surface area contributed by atoms with Crippen LogP contribution in [0.5, 0.6) is 17.2 Å². The van der Waals surface area contributed by atoms with E-state index in [9.17, 15) is 9.59 Å². The Balaban J connectivity index is 1.99. The van der Waals surface area contributed by atoms with E-state index in [1.807, 2.05) is 0 Å². The second-order valence-corrected chi connectivity index (χ2v) is 6.68. The monoisotopic (exact) mass is 389 g/mol. The van der Waals surface area contributed by atoms with E-state index in [1.54, 1.807) is 57.7 Å². The third kappa shape index (κ3) is 5.65. The number of methoxy groups -OCH3 is 3. The van der Waals surface area contributed by atoms with Crippen molar-refractivity contribution in [1.82, 2.24) is 0 Å². The van der Waals surface area contributed by atoms with Gasteiger partial charge in [-0.1, -0.05) is 0 Å². The number of amides is 1. The average Bonchev–Trinajstić information content (AvgIpc) is 2.67. The maximum Gasteiger partial charge on any atom is 0.234 e. The number of carbonyl (C=O) groups is 2. The molecule has 0 radical (unpaired) electrons. The molecule has 6 nitrogen and oxygen atoms in total. The topological polar surface area (TPSA) is 73.9 Å². The Hall–Kier alpha value is -2.67. The van der Waals surface area contributed by atoms with Crippen LogP contribution in [-0.4, -0.2) is 38.8 Å². The van der Waals surface area contributed by atoms with Gasteiger partial charge in [0.25, 0.3) is 0 Å². The van der Waals surface area contributed by atoms with Crippen molar-refractivity contribution >= 4 is 29.1 Å². The van der Waals surface area contributed by atoms with Gasteiger partial charge in [0.15, 0.2) is 5.78 Å². The van der Waals surface area contributed by atoms with Gasteiger partial charge in [-0.05, 0) is 37.3 Å². The summed E-state index contributed by atoms with van der Waals surface area (Å²) in [6, 6.07) is 10.5. The van der Waals surface area contributed by atoms with Crippen molar-refractivity contribution in [3.05, 3.63) is 47.5 Å². The summed E-state index contributed by atoms with van der Waals surface area (Å²) in [6.07, 6.45) is 0. The summed E-state index contributed by atoms with van der Waals surface area (Å²) < 4.78 is 15.8. The molecule has 2 rings (SSSR count). The third-order valence-electron chi connectivity index (χ3n) is 3.86. The minimum Gasteiger partial charge on any atom is -0.497 e. The highest BCUT2D eigenvalue weighted by Gasteiger charge is 2.11. The van der Waals surface area contributed by atoms with E-state index in [1.165, 1.54) is 18.7 Å². The first-order valence-corrected chi connectivity index (χ1v) is 9.41.